The van der Waals surface area contributed by atoms with Crippen LogP contribution in [0.4, 0.5) is 0 Å². The van der Waals surface area contributed by atoms with Crippen LogP contribution in [-0.4, -0.2) is 36.0 Å². The van der Waals surface area contributed by atoms with E-state index in [1.165, 1.54) is 0 Å². The fourth-order valence-corrected chi connectivity index (χ4v) is 1.68. The van der Waals surface area contributed by atoms with Gasteiger partial charge in [0.25, 0.3) is 0 Å². The van der Waals surface area contributed by atoms with Gasteiger partial charge in [-0.05, 0) is 19.8 Å². The van der Waals surface area contributed by atoms with E-state index < -0.39 is 11.9 Å². The lowest BCUT2D eigenvalue weighted by Crippen LogP contribution is -2.33. The van der Waals surface area contributed by atoms with Gasteiger partial charge in [0, 0.05) is 25.9 Å². The van der Waals surface area contributed by atoms with E-state index in [1.54, 1.807) is 0 Å². The highest BCUT2D eigenvalue weighted by Gasteiger charge is 2.17. The van der Waals surface area contributed by atoms with Gasteiger partial charge in [0.05, 0.1) is 5.92 Å². The van der Waals surface area contributed by atoms with Gasteiger partial charge in [-0.3, -0.25) is 14.4 Å². The molecule has 0 spiro atoms. The molecule has 6 nitrogen and oxygen atoms in total. The van der Waals surface area contributed by atoms with Crippen LogP contribution in [0.2, 0.25) is 0 Å². The number of nitrogens with one attached hydrogen (secondary N) is 2. The molecule has 0 aliphatic carbocycles. The average Bonchev–Trinajstić information content (AvgIpc) is 2.34. The van der Waals surface area contributed by atoms with Gasteiger partial charge in [-0.2, -0.15) is 0 Å². The molecule has 110 valence electrons. The Morgan fingerprint density at radius 2 is 1.63 bits per heavy atom. The van der Waals surface area contributed by atoms with Crippen molar-refractivity contribution in [3.63, 3.8) is 0 Å². The molecule has 0 bridgehead atoms. The zero-order valence-electron chi connectivity index (χ0n) is 11.7. The summed E-state index contributed by atoms with van der Waals surface area (Å²) in [5.74, 6) is -1.68. The molecule has 19 heavy (non-hydrogen) atoms. The van der Waals surface area contributed by atoms with Crippen LogP contribution in [0.3, 0.4) is 0 Å². The third kappa shape index (κ3) is 9.04. The summed E-state index contributed by atoms with van der Waals surface area (Å²) >= 11 is 0. The third-order valence-electron chi connectivity index (χ3n) is 2.71. The first-order chi connectivity index (χ1) is 9.01. The number of carbonyl (C=O) groups is 3. The van der Waals surface area contributed by atoms with Crippen LogP contribution in [0.15, 0.2) is 0 Å². The van der Waals surface area contributed by atoms with Gasteiger partial charge >= 0.3 is 5.97 Å². The zero-order chi connectivity index (χ0) is 14.7. The van der Waals surface area contributed by atoms with Crippen LogP contribution < -0.4 is 10.6 Å². The van der Waals surface area contributed by atoms with E-state index in [2.05, 4.69) is 10.6 Å². The van der Waals surface area contributed by atoms with E-state index in [9.17, 15) is 14.4 Å². The smallest absolute Gasteiger partial charge is 0.308 e. The number of amides is 2. The minimum atomic E-state index is -0.885. The summed E-state index contributed by atoms with van der Waals surface area (Å²) in [5, 5.41) is 14.2. The number of carboxylic acids is 1. The van der Waals surface area contributed by atoms with E-state index in [4.69, 9.17) is 5.11 Å². The molecule has 1 unspecified atom stereocenters. The largest absolute Gasteiger partial charge is 0.481 e. The van der Waals surface area contributed by atoms with Crippen molar-refractivity contribution in [1.29, 1.82) is 0 Å². The molecule has 0 aliphatic heterocycles. The van der Waals surface area contributed by atoms with Crippen molar-refractivity contribution in [3.05, 3.63) is 0 Å². The lowest BCUT2D eigenvalue weighted by molar-refractivity contribution is -0.142. The fraction of sp³-hybridized carbons (Fsp3) is 0.769. The first kappa shape index (κ1) is 17.4. The summed E-state index contributed by atoms with van der Waals surface area (Å²) in [6.45, 7) is 4.49. The van der Waals surface area contributed by atoms with Crippen molar-refractivity contribution < 1.29 is 19.5 Å². The number of hydrogen-bond acceptors (Lipinski definition) is 3. The molecule has 3 N–H and O–H groups in total. The molecular formula is C13H24N2O4. The van der Waals surface area contributed by atoms with E-state index in [0.29, 0.717) is 25.8 Å². The molecule has 0 aromatic rings. The highest BCUT2D eigenvalue weighted by Crippen LogP contribution is 2.05. The molecule has 0 saturated carbocycles. The van der Waals surface area contributed by atoms with E-state index >= 15 is 0 Å². The standard InChI is InChI=1S/C13H24N2O4/c1-3-6-10(13(18)19)9-15-12(17)8-5-7-11(16)14-4-2/h10H,3-9H2,1-2H3,(H,14,16)(H,15,17)(H,18,19). The van der Waals surface area contributed by atoms with Gasteiger partial charge in [-0.15, -0.1) is 0 Å². The van der Waals surface area contributed by atoms with Crippen LogP contribution in [0.5, 0.6) is 0 Å². The molecule has 0 saturated heterocycles. The molecule has 0 heterocycles. The quantitative estimate of drug-likeness (QED) is 0.551. The third-order valence-corrected chi connectivity index (χ3v) is 2.71. The summed E-state index contributed by atoms with van der Waals surface area (Å²) in [7, 11) is 0. The summed E-state index contributed by atoms with van der Waals surface area (Å²) < 4.78 is 0. The molecule has 2 amide bonds. The van der Waals surface area contributed by atoms with Gasteiger partial charge < -0.3 is 15.7 Å². The Morgan fingerprint density at radius 3 is 2.11 bits per heavy atom. The molecular weight excluding hydrogens is 248 g/mol. The molecule has 0 aromatic carbocycles. The average molecular weight is 272 g/mol. The number of carbonyl (C=O) groups excluding carboxylic acids is 2. The van der Waals surface area contributed by atoms with E-state index in [-0.39, 0.29) is 24.8 Å². The van der Waals surface area contributed by atoms with Crippen LogP contribution in [0.1, 0.15) is 46.0 Å². The molecule has 0 fully saturated rings. The minimum Gasteiger partial charge on any atom is -0.481 e. The summed E-state index contributed by atoms with van der Waals surface area (Å²) in [4.78, 5) is 33.5. The minimum absolute atomic E-state index is 0.0651. The molecule has 0 radical (unpaired) electrons. The Labute approximate surface area is 113 Å². The Hall–Kier alpha value is -1.59. The maximum absolute atomic E-state index is 11.5. The highest BCUT2D eigenvalue weighted by molar-refractivity contribution is 5.79. The maximum atomic E-state index is 11.5. The van der Waals surface area contributed by atoms with Crippen molar-refractivity contribution in [3.8, 4) is 0 Å². The lowest BCUT2D eigenvalue weighted by Gasteiger charge is -2.12. The Morgan fingerprint density at radius 1 is 1.05 bits per heavy atom. The van der Waals surface area contributed by atoms with Gasteiger partial charge in [-0.25, -0.2) is 0 Å². The summed E-state index contributed by atoms with van der Waals surface area (Å²) in [5.41, 5.74) is 0. The van der Waals surface area contributed by atoms with Crippen molar-refractivity contribution in [1.82, 2.24) is 10.6 Å². The Bertz CT molecular complexity index is 305. The second kappa shape index (κ2) is 10.3. The van der Waals surface area contributed by atoms with Crippen LogP contribution >= 0.6 is 0 Å². The number of hydrogen-bond donors (Lipinski definition) is 3. The predicted molar refractivity (Wildman–Crippen MR) is 71.6 cm³/mol. The van der Waals surface area contributed by atoms with Gasteiger partial charge in [0.2, 0.25) is 11.8 Å². The zero-order valence-corrected chi connectivity index (χ0v) is 11.7. The molecule has 6 heteroatoms. The fourth-order valence-electron chi connectivity index (χ4n) is 1.68. The maximum Gasteiger partial charge on any atom is 0.308 e. The monoisotopic (exact) mass is 272 g/mol. The van der Waals surface area contributed by atoms with Crippen LogP contribution in [0, 0.1) is 5.92 Å². The lowest BCUT2D eigenvalue weighted by atomic mass is 10.0. The summed E-state index contributed by atoms with van der Waals surface area (Å²) in [6.07, 6.45) is 2.36. The van der Waals surface area contributed by atoms with Crippen LogP contribution in [0.25, 0.3) is 0 Å². The summed E-state index contributed by atoms with van der Waals surface area (Å²) in [6, 6.07) is 0. The van der Waals surface area contributed by atoms with E-state index in [0.717, 1.165) is 6.42 Å². The molecule has 0 rings (SSSR count). The van der Waals surface area contributed by atoms with Crippen molar-refractivity contribution in [2.75, 3.05) is 13.1 Å². The Kier molecular flexibility index (Phi) is 9.48. The highest BCUT2D eigenvalue weighted by atomic mass is 16.4. The molecule has 0 aromatic heterocycles. The molecule has 1 atom stereocenters. The van der Waals surface area contributed by atoms with Crippen LogP contribution in [-0.2, 0) is 14.4 Å². The first-order valence-electron chi connectivity index (χ1n) is 6.77. The second-order valence-corrected chi connectivity index (χ2v) is 4.43. The van der Waals surface area contributed by atoms with Gasteiger partial charge in [0.1, 0.15) is 0 Å². The number of aliphatic carboxylic acids is 1. The first-order valence-corrected chi connectivity index (χ1v) is 6.77. The predicted octanol–water partition coefficient (Wildman–Crippen LogP) is 0.910. The molecule has 0 aliphatic rings. The van der Waals surface area contributed by atoms with E-state index in [1.807, 2.05) is 13.8 Å². The van der Waals surface area contributed by atoms with Crippen molar-refractivity contribution >= 4 is 17.8 Å². The van der Waals surface area contributed by atoms with Gasteiger partial charge in [-0.1, -0.05) is 13.3 Å². The normalized spacial score (nSPS) is 11.7. The SMILES string of the molecule is CCCC(CNC(=O)CCCC(=O)NCC)C(=O)O. The van der Waals surface area contributed by atoms with Crippen molar-refractivity contribution in [2.45, 2.75) is 46.0 Å². The van der Waals surface area contributed by atoms with Gasteiger partial charge in [0.15, 0.2) is 0 Å². The Balaban J connectivity index is 3.79. The number of rotatable bonds is 10. The topological polar surface area (TPSA) is 95.5 Å². The number of carboxylic acid groups (broad SMARTS) is 1. The second-order valence-electron chi connectivity index (χ2n) is 4.43. The van der Waals surface area contributed by atoms with Crippen molar-refractivity contribution in [2.24, 2.45) is 5.92 Å².